The number of phosphoric acid groups is 1. The average Bonchev–Trinajstić information content (AvgIpc) is 3.46. The third-order valence-electron chi connectivity index (χ3n) is 15.6. The maximum Gasteiger partial charge on any atom is 0.268 e. The van der Waals surface area contributed by atoms with Crippen molar-refractivity contribution in [3.05, 3.63) is 85.1 Å². The maximum atomic E-state index is 13.0. The second-order valence-corrected chi connectivity index (χ2v) is 26.2. The van der Waals surface area contributed by atoms with Gasteiger partial charge in [0.05, 0.1) is 39.9 Å². The van der Waals surface area contributed by atoms with Crippen LogP contribution in [0, 0.1) is 0 Å². The molecule has 0 fully saturated rings. The zero-order valence-corrected chi connectivity index (χ0v) is 55.6. The van der Waals surface area contributed by atoms with Crippen LogP contribution in [0.5, 0.6) is 0 Å². The number of carbonyl (C=O) groups is 1. The zero-order valence-electron chi connectivity index (χ0n) is 54.7. The molecule has 478 valence electrons. The first-order valence-electron chi connectivity index (χ1n) is 34.9. The molecule has 3 atom stereocenters. The van der Waals surface area contributed by atoms with E-state index in [0.29, 0.717) is 17.4 Å². The molecule has 0 aromatic carbocycles. The minimum absolute atomic E-state index is 0.00946. The van der Waals surface area contributed by atoms with Crippen LogP contribution in [0.15, 0.2) is 85.1 Å². The number of unbranched alkanes of at least 4 members (excludes halogenated alkanes) is 39. The fraction of sp³-hybridized carbons (Fsp3) is 0.795. The van der Waals surface area contributed by atoms with Gasteiger partial charge in [-0.2, -0.15) is 0 Å². The summed E-state index contributed by atoms with van der Waals surface area (Å²) in [6.45, 7) is 4.54. The van der Waals surface area contributed by atoms with E-state index in [9.17, 15) is 19.4 Å². The summed E-state index contributed by atoms with van der Waals surface area (Å²) in [5, 5.41) is 13.9. The third-order valence-corrected chi connectivity index (χ3v) is 16.5. The number of aliphatic hydroxyl groups is 1. The second kappa shape index (κ2) is 63.2. The van der Waals surface area contributed by atoms with Crippen LogP contribution in [-0.4, -0.2) is 68.5 Å². The highest BCUT2D eigenvalue weighted by Crippen LogP contribution is 2.38. The number of nitrogens with one attached hydrogen (secondary N) is 1. The molecule has 0 spiro atoms. The first-order chi connectivity index (χ1) is 40.0. The normalized spacial score (nSPS) is 14.2. The van der Waals surface area contributed by atoms with Crippen LogP contribution in [0.3, 0.4) is 0 Å². The summed E-state index contributed by atoms with van der Waals surface area (Å²) < 4.78 is 23.4. The number of hydrogen-bond donors (Lipinski definition) is 2. The molecule has 3 unspecified atom stereocenters. The quantitative estimate of drug-likeness (QED) is 0.0272. The molecule has 8 nitrogen and oxygen atoms in total. The first-order valence-corrected chi connectivity index (χ1v) is 36.4. The summed E-state index contributed by atoms with van der Waals surface area (Å²) in [5.41, 5.74) is 0. The Bertz CT molecular complexity index is 1610. The molecule has 9 heteroatoms. The van der Waals surface area contributed by atoms with Gasteiger partial charge in [-0.15, -0.1) is 0 Å². The molecule has 0 aromatic rings. The van der Waals surface area contributed by atoms with E-state index < -0.39 is 26.6 Å². The minimum atomic E-state index is -4.62. The average molecular weight is 1170 g/mol. The number of quaternary nitrogens is 1. The lowest BCUT2D eigenvalue weighted by Gasteiger charge is -2.29. The van der Waals surface area contributed by atoms with Crippen LogP contribution in [0.25, 0.3) is 0 Å². The van der Waals surface area contributed by atoms with Gasteiger partial charge >= 0.3 is 0 Å². The predicted molar refractivity (Wildman–Crippen MR) is 357 cm³/mol. The summed E-state index contributed by atoms with van der Waals surface area (Å²) in [4.78, 5) is 25.6. The molecule has 0 radical (unpaired) electrons. The number of carbonyl (C=O) groups excluding carboxylic acids is 1. The van der Waals surface area contributed by atoms with Crippen molar-refractivity contribution in [3.8, 4) is 0 Å². The molecule has 0 aliphatic heterocycles. The molecule has 0 aromatic heterocycles. The number of rotatable bonds is 64. The van der Waals surface area contributed by atoms with Crippen molar-refractivity contribution in [2.24, 2.45) is 0 Å². The van der Waals surface area contributed by atoms with Crippen molar-refractivity contribution < 1.29 is 32.9 Å². The third kappa shape index (κ3) is 65.2. The lowest BCUT2D eigenvalue weighted by atomic mass is 10.0. The Labute approximate surface area is 509 Å². The molecular formula is C73H135N2O6P. The van der Waals surface area contributed by atoms with E-state index in [2.05, 4.69) is 92.1 Å². The Morgan fingerprint density at radius 1 is 0.439 bits per heavy atom. The van der Waals surface area contributed by atoms with Crippen molar-refractivity contribution >= 4 is 13.7 Å². The van der Waals surface area contributed by atoms with Gasteiger partial charge in [-0.05, 0) is 83.5 Å². The Balaban J connectivity index is 4.00. The molecule has 0 heterocycles. The lowest BCUT2D eigenvalue weighted by molar-refractivity contribution is -0.870. The molecule has 0 bridgehead atoms. The van der Waals surface area contributed by atoms with Gasteiger partial charge in [-0.1, -0.05) is 317 Å². The number of likely N-dealkylation sites (N-methyl/N-ethyl adjacent to an activating group) is 1. The van der Waals surface area contributed by atoms with Gasteiger partial charge < -0.3 is 28.8 Å². The molecule has 82 heavy (non-hydrogen) atoms. The Morgan fingerprint density at radius 2 is 0.756 bits per heavy atom. The second-order valence-electron chi connectivity index (χ2n) is 24.8. The van der Waals surface area contributed by atoms with E-state index in [-0.39, 0.29) is 12.5 Å². The van der Waals surface area contributed by atoms with Crippen LogP contribution in [0.2, 0.25) is 0 Å². The lowest BCUT2D eigenvalue weighted by Crippen LogP contribution is -2.45. The van der Waals surface area contributed by atoms with Gasteiger partial charge in [-0.3, -0.25) is 9.36 Å². The zero-order chi connectivity index (χ0) is 59.8. The fourth-order valence-electron chi connectivity index (χ4n) is 10.2. The number of aliphatic hydroxyl groups excluding tert-OH is 1. The molecule has 0 saturated carbocycles. The van der Waals surface area contributed by atoms with Crippen LogP contribution >= 0.6 is 7.82 Å². The van der Waals surface area contributed by atoms with Crippen molar-refractivity contribution in [2.75, 3.05) is 40.9 Å². The molecule has 2 N–H and O–H groups in total. The van der Waals surface area contributed by atoms with Crippen LogP contribution in [-0.2, 0) is 18.4 Å². The summed E-state index contributed by atoms with van der Waals surface area (Å²) in [7, 11) is 1.24. The van der Waals surface area contributed by atoms with Crippen molar-refractivity contribution in [1.29, 1.82) is 0 Å². The first kappa shape index (κ1) is 79.7. The monoisotopic (exact) mass is 1170 g/mol. The highest BCUT2D eigenvalue weighted by atomic mass is 31.2. The van der Waals surface area contributed by atoms with Crippen LogP contribution in [0.4, 0.5) is 0 Å². The molecule has 0 rings (SSSR count). The van der Waals surface area contributed by atoms with Crippen molar-refractivity contribution in [2.45, 2.75) is 334 Å². The highest BCUT2D eigenvalue weighted by molar-refractivity contribution is 7.45. The van der Waals surface area contributed by atoms with Crippen LogP contribution in [0.1, 0.15) is 322 Å². The van der Waals surface area contributed by atoms with E-state index in [1.807, 2.05) is 27.2 Å². The van der Waals surface area contributed by atoms with Gasteiger partial charge in [0, 0.05) is 6.42 Å². The SMILES string of the molecule is CC/C=C\C/C=C\C/C=C\C/C=C\CCCCCCCCCCCCCCCCCCCCCCCCCCCCC(=O)NC(COP(=O)([O-])OCC[N+](C)(C)C)C(O)/C=C/CC/C=C/CC/C=C/CCCCCCCCCCCCC. The molecule has 0 saturated heterocycles. The Morgan fingerprint density at radius 3 is 1.13 bits per heavy atom. The minimum Gasteiger partial charge on any atom is -0.756 e. The van der Waals surface area contributed by atoms with Gasteiger partial charge in [0.15, 0.2) is 0 Å². The van der Waals surface area contributed by atoms with Gasteiger partial charge in [0.1, 0.15) is 13.2 Å². The van der Waals surface area contributed by atoms with E-state index in [1.165, 1.54) is 231 Å². The topological polar surface area (TPSA) is 108 Å². The Kier molecular flexibility index (Phi) is 61.4. The van der Waals surface area contributed by atoms with E-state index in [0.717, 1.165) is 70.6 Å². The van der Waals surface area contributed by atoms with Crippen LogP contribution < -0.4 is 10.2 Å². The number of phosphoric ester groups is 1. The molecule has 0 aliphatic rings. The summed E-state index contributed by atoms with van der Waals surface area (Å²) in [6.07, 6.45) is 90.1. The maximum absolute atomic E-state index is 13.0. The van der Waals surface area contributed by atoms with Gasteiger partial charge in [0.25, 0.3) is 7.82 Å². The number of amides is 1. The fourth-order valence-corrected chi connectivity index (χ4v) is 10.9. The summed E-state index contributed by atoms with van der Waals surface area (Å²) >= 11 is 0. The molecule has 0 aliphatic carbocycles. The van der Waals surface area contributed by atoms with Crippen molar-refractivity contribution in [3.63, 3.8) is 0 Å². The van der Waals surface area contributed by atoms with E-state index in [1.54, 1.807) is 6.08 Å². The van der Waals surface area contributed by atoms with Gasteiger partial charge in [-0.25, -0.2) is 0 Å². The van der Waals surface area contributed by atoms with Gasteiger partial charge in [0.2, 0.25) is 5.91 Å². The number of allylic oxidation sites excluding steroid dienone is 13. The predicted octanol–water partition coefficient (Wildman–Crippen LogP) is 21.7. The standard InChI is InChI=1S/C73H135N2O6P/c1-6-8-10-12-14-16-18-20-22-24-26-28-29-30-31-32-33-34-35-36-37-38-39-40-41-42-43-44-45-47-49-51-53-55-57-59-61-63-65-67-73(77)74-71(70-81-82(78,79)80-69-68-75(3,4)5)72(76)66-64-62-60-58-56-54-52-50-48-46-27-25-23-21-19-17-15-13-11-9-7-2/h8,10,14,16,20,22,26,28,48,50,56,58,64,66,71-72,76H,6-7,9,11-13,15,17-19,21,23-25,27,29-47,49,51-55,57,59-63,65,67-70H2,1-5H3,(H-,74,77,78,79)/b10-8-,16-14-,22-20-,28-26-,50-48+,58-56+,66-64+. The Hall–Kier alpha value is -2.32. The molecule has 1 amide bonds. The van der Waals surface area contributed by atoms with E-state index >= 15 is 0 Å². The highest BCUT2D eigenvalue weighted by Gasteiger charge is 2.23. The largest absolute Gasteiger partial charge is 0.756 e. The summed E-state index contributed by atoms with van der Waals surface area (Å²) in [5.74, 6) is -0.207. The number of hydrogen-bond acceptors (Lipinski definition) is 6. The smallest absolute Gasteiger partial charge is 0.268 e. The molecular weight excluding hydrogens is 1030 g/mol. The van der Waals surface area contributed by atoms with Crippen molar-refractivity contribution in [1.82, 2.24) is 5.32 Å². The summed E-state index contributed by atoms with van der Waals surface area (Å²) in [6, 6.07) is -0.912. The van der Waals surface area contributed by atoms with E-state index in [4.69, 9.17) is 9.05 Å². The number of nitrogens with zero attached hydrogens (tertiary/aromatic N) is 1.